The molecule has 0 amide bonds. The Morgan fingerprint density at radius 2 is 1.94 bits per heavy atom. The molecule has 100 valence electrons. The number of hydrogen-bond acceptors (Lipinski definition) is 2. The quantitative estimate of drug-likeness (QED) is 0.904. The highest BCUT2D eigenvalue weighted by molar-refractivity contribution is 6.31. The molecule has 1 aromatic rings. The van der Waals surface area contributed by atoms with E-state index in [9.17, 15) is 5.11 Å². The van der Waals surface area contributed by atoms with Gasteiger partial charge in [0.05, 0.1) is 6.10 Å². The van der Waals surface area contributed by atoms with Crippen LogP contribution in [0.15, 0.2) is 24.3 Å². The summed E-state index contributed by atoms with van der Waals surface area (Å²) in [6.07, 6.45) is 4.15. The van der Waals surface area contributed by atoms with Crippen LogP contribution in [0.25, 0.3) is 0 Å². The number of hydrogen-bond donors (Lipinski definition) is 1. The molecule has 1 N–H and O–H groups in total. The lowest BCUT2D eigenvalue weighted by Crippen LogP contribution is -2.44. The van der Waals surface area contributed by atoms with E-state index >= 15 is 0 Å². The summed E-state index contributed by atoms with van der Waals surface area (Å²) < 4.78 is 0. The number of rotatable bonds is 3. The van der Waals surface area contributed by atoms with Crippen molar-refractivity contribution < 1.29 is 5.11 Å². The maximum absolute atomic E-state index is 10.1. The summed E-state index contributed by atoms with van der Waals surface area (Å²) in [5.74, 6) is 0. The molecule has 1 saturated carbocycles. The Morgan fingerprint density at radius 3 is 2.61 bits per heavy atom. The van der Waals surface area contributed by atoms with Crippen LogP contribution in [-0.4, -0.2) is 29.2 Å². The summed E-state index contributed by atoms with van der Waals surface area (Å²) in [5.41, 5.74) is 1.14. The summed E-state index contributed by atoms with van der Waals surface area (Å²) in [6, 6.07) is 8.45. The van der Waals surface area contributed by atoms with Gasteiger partial charge in [0, 0.05) is 17.1 Å². The zero-order chi connectivity index (χ0) is 13.1. The fraction of sp³-hybridized carbons (Fsp3) is 0.600. The van der Waals surface area contributed by atoms with Crippen LogP contribution in [0.4, 0.5) is 0 Å². The lowest BCUT2D eigenvalue weighted by atomic mass is 9.90. The minimum atomic E-state index is -0.200. The number of nitrogens with zero attached hydrogens (tertiary/aromatic N) is 1. The molecule has 18 heavy (non-hydrogen) atoms. The molecule has 1 aliphatic rings. The zero-order valence-corrected chi connectivity index (χ0v) is 11.9. The molecular formula is C15H22ClNO. The Labute approximate surface area is 115 Å². The van der Waals surface area contributed by atoms with Gasteiger partial charge < -0.3 is 5.11 Å². The fourth-order valence-electron chi connectivity index (χ4n) is 2.89. The van der Waals surface area contributed by atoms with Crippen molar-refractivity contribution in [2.24, 2.45) is 0 Å². The van der Waals surface area contributed by atoms with Crippen LogP contribution in [-0.2, 0) is 0 Å². The van der Waals surface area contributed by atoms with E-state index in [0.29, 0.717) is 0 Å². The summed E-state index contributed by atoms with van der Waals surface area (Å²) in [5, 5.41) is 10.9. The van der Waals surface area contributed by atoms with Crippen LogP contribution in [0.5, 0.6) is 0 Å². The highest BCUT2D eigenvalue weighted by atomic mass is 35.5. The zero-order valence-electron chi connectivity index (χ0n) is 11.1. The van der Waals surface area contributed by atoms with Crippen LogP contribution in [0.3, 0.4) is 0 Å². The predicted octanol–water partition coefficient (Wildman–Crippen LogP) is 3.64. The Morgan fingerprint density at radius 1 is 1.28 bits per heavy atom. The van der Waals surface area contributed by atoms with E-state index in [0.717, 1.165) is 29.8 Å². The third kappa shape index (κ3) is 2.87. The molecule has 2 rings (SSSR count). The second-order valence-corrected chi connectivity index (χ2v) is 5.69. The van der Waals surface area contributed by atoms with Gasteiger partial charge in [-0.05, 0) is 38.4 Å². The monoisotopic (exact) mass is 267 g/mol. The van der Waals surface area contributed by atoms with Gasteiger partial charge in [0.15, 0.2) is 0 Å². The van der Waals surface area contributed by atoms with Crippen LogP contribution < -0.4 is 0 Å². The highest BCUT2D eigenvalue weighted by Gasteiger charge is 2.29. The molecule has 1 aromatic carbocycles. The van der Waals surface area contributed by atoms with Gasteiger partial charge in [-0.3, -0.25) is 4.90 Å². The van der Waals surface area contributed by atoms with Gasteiger partial charge in [-0.1, -0.05) is 42.6 Å². The maximum atomic E-state index is 10.1. The first kappa shape index (κ1) is 13.9. The number of likely N-dealkylation sites (N-methyl/N-ethyl adjacent to an activating group) is 1. The van der Waals surface area contributed by atoms with E-state index in [1.165, 1.54) is 6.42 Å². The lowest BCUT2D eigenvalue weighted by molar-refractivity contribution is 0.0155. The number of benzene rings is 1. The third-order valence-electron chi connectivity index (χ3n) is 4.18. The van der Waals surface area contributed by atoms with Crippen molar-refractivity contribution in [3.63, 3.8) is 0 Å². The molecule has 2 nitrogen and oxygen atoms in total. The standard InChI is InChI=1S/C15H22ClNO/c1-11(12-7-3-4-8-13(12)16)17(2)14-9-5-6-10-15(14)18/h3-4,7-8,11,14-15,18H,5-6,9-10H2,1-2H3. The summed E-state index contributed by atoms with van der Waals surface area (Å²) >= 11 is 6.25. The van der Waals surface area contributed by atoms with Gasteiger partial charge in [0.2, 0.25) is 0 Å². The van der Waals surface area contributed by atoms with Crippen molar-refractivity contribution >= 4 is 11.6 Å². The summed E-state index contributed by atoms with van der Waals surface area (Å²) in [7, 11) is 2.09. The molecule has 0 aromatic heterocycles. The molecule has 0 radical (unpaired) electrons. The molecule has 0 bridgehead atoms. The van der Waals surface area contributed by atoms with Crippen LogP contribution in [0, 0.1) is 0 Å². The second-order valence-electron chi connectivity index (χ2n) is 5.28. The molecule has 0 saturated heterocycles. The van der Waals surface area contributed by atoms with E-state index in [1.807, 2.05) is 18.2 Å². The predicted molar refractivity (Wildman–Crippen MR) is 75.9 cm³/mol. The van der Waals surface area contributed by atoms with Crippen LogP contribution >= 0.6 is 11.6 Å². The molecular weight excluding hydrogens is 246 g/mol. The lowest BCUT2D eigenvalue weighted by Gasteiger charge is -2.39. The van der Waals surface area contributed by atoms with E-state index in [1.54, 1.807) is 0 Å². The molecule has 0 spiro atoms. The summed E-state index contributed by atoms with van der Waals surface area (Å²) in [4.78, 5) is 2.27. The van der Waals surface area contributed by atoms with Crippen molar-refractivity contribution in [1.29, 1.82) is 0 Å². The topological polar surface area (TPSA) is 23.5 Å². The SMILES string of the molecule is CC(c1ccccc1Cl)N(C)C1CCCCC1O. The van der Waals surface area contributed by atoms with Gasteiger partial charge in [-0.25, -0.2) is 0 Å². The molecule has 3 unspecified atom stereocenters. The Hall–Kier alpha value is -0.570. The smallest absolute Gasteiger partial charge is 0.0695 e. The van der Waals surface area contributed by atoms with Crippen molar-refractivity contribution in [3.05, 3.63) is 34.9 Å². The van der Waals surface area contributed by atoms with E-state index in [4.69, 9.17) is 11.6 Å². The highest BCUT2D eigenvalue weighted by Crippen LogP contribution is 2.31. The average Bonchev–Trinajstić information content (AvgIpc) is 2.38. The second kappa shape index (κ2) is 6.05. The van der Waals surface area contributed by atoms with E-state index in [-0.39, 0.29) is 18.2 Å². The Balaban J connectivity index is 2.13. The minimum absolute atomic E-state index is 0.200. The van der Waals surface area contributed by atoms with Crippen LogP contribution in [0.2, 0.25) is 5.02 Å². The number of halogens is 1. The van der Waals surface area contributed by atoms with E-state index < -0.39 is 0 Å². The maximum Gasteiger partial charge on any atom is 0.0695 e. The first-order valence-electron chi connectivity index (χ1n) is 6.75. The van der Waals surface area contributed by atoms with Gasteiger partial charge in [-0.15, -0.1) is 0 Å². The molecule has 0 aliphatic heterocycles. The van der Waals surface area contributed by atoms with Gasteiger partial charge >= 0.3 is 0 Å². The fourth-order valence-corrected chi connectivity index (χ4v) is 3.18. The first-order valence-corrected chi connectivity index (χ1v) is 7.13. The normalized spacial score (nSPS) is 26.3. The van der Waals surface area contributed by atoms with Gasteiger partial charge in [0.25, 0.3) is 0 Å². The third-order valence-corrected chi connectivity index (χ3v) is 4.53. The van der Waals surface area contributed by atoms with Crippen molar-refractivity contribution in [2.45, 2.75) is 50.8 Å². The van der Waals surface area contributed by atoms with Crippen molar-refractivity contribution in [1.82, 2.24) is 4.90 Å². The van der Waals surface area contributed by atoms with Crippen LogP contribution in [0.1, 0.15) is 44.2 Å². The minimum Gasteiger partial charge on any atom is -0.391 e. The average molecular weight is 268 g/mol. The van der Waals surface area contributed by atoms with Gasteiger partial charge in [0.1, 0.15) is 0 Å². The Kier molecular flexibility index (Phi) is 4.66. The number of aliphatic hydroxyl groups is 1. The largest absolute Gasteiger partial charge is 0.391 e. The molecule has 0 heterocycles. The Bertz CT molecular complexity index is 396. The number of aliphatic hydroxyl groups excluding tert-OH is 1. The molecule has 3 atom stereocenters. The van der Waals surface area contributed by atoms with Crippen molar-refractivity contribution in [2.75, 3.05) is 7.05 Å². The first-order chi connectivity index (χ1) is 8.61. The summed E-state index contributed by atoms with van der Waals surface area (Å²) in [6.45, 7) is 2.16. The molecule has 3 heteroatoms. The molecule has 1 aliphatic carbocycles. The van der Waals surface area contributed by atoms with E-state index in [2.05, 4.69) is 24.9 Å². The van der Waals surface area contributed by atoms with Crippen molar-refractivity contribution in [3.8, 4) is 0 Å². The van der Waals surface area contributed by atoms with Gasteiger partial charge in [-0.2, -0.15) is 0 Å². The molecule has 1 fully saturated rings.